The molecule has 3 aliphatic rings. The van der Waals surface area contributed by atoms with E-state index in [2.05, 4.69) is 34.7 Å². The number of aromatic amines is 1. The number of fused-ring (bicyclic) bond motifs is 5. The van der Waals surface area contributed by atoms with Crippen molar-refractivity contribution in [3.8, 4) is 0 Å². The molecule has 2 aromatic rings. The summed E-state index contributed by atoms with van der Waals surface area (Å²) < 4.78 is 0. The van der Waals surface area contributed by atoms with Crippen molar-refractivity contribution in [1.29, 1.82) is 0 Å². The lowest BCUT2D eigenvalue weighted by molar-refractivity contribution is -0.123. The third-order valence-electron chi connectivity index (χ3n) is 5.82. The molecule has 7 heteroatoms. The molecule has 3 N–H and O–H groups in total. The average molecular weight is 383 g/mol. The first kappa shape index (κ1) is 16.6. The average Bonchev–Trinajstić information content (AvgIpc) is 3.06. The van der Waals surface area contributed by atoms with E-state index in [1.807, 2.05) is 6.92 Å². The maximum atomic E-state index is 13.5. The maximum Gasteiger partial charge on any atom is 0.244 e. The third-order valence-corrected chi connectivity index (χ3v) is 6.05. The zero-order chi connectivity index (χ0) is 19.1. The van der Waals surface area contributed by atoms with Gasteiger partial charge in [0, 0.05) is 45.2 Å². The van der Waals surface area contributed by atoms with Crippen LogP contribution in [0.1, 0.15) is 43.5 Å². The molecule has 1 amide bonds. The highest BCUT2D eigenvalue weighted by Gasteiger charge is 2.60. The number of carbonyl (C=O) groups excluding carboxylic acids is 2. The lowest BCUT2D eigenvalue weighted by atomic mass is 9.61. The zero-order valence-corrected chi connectivity index (χ0v) is 16.0. The number of rotatable bonds is 0. The van der Waals surface area contributed by atoms with Gasteiger partial charge in [-0.15, -0.1) is 0 Å². The molecule has 0 bridgehead atoms. The molecule has 5 rings (SSSR count). The van der Waals surface area contributed by atoms with Crippen LogP contribution in [-0.4, -0.2) is 21.9 Å². The summed E-state index contributed by atoms with van der Waals surface area (Å²) in [7, 11) is 0. The van der Waals surface area contributed by atoms with Crippen LogP contribution in [0, 0.1) is 12.3 Å². The molecule has 1 atom stereocenters. The van der Waals surface area contributed by atoms with Crippen molar-refractivity contribution >= 4 is 34.8 Å². The Bertz CT molecular complexity index is 1080. The number of H-pyrrole nitrogens is 1. The van der Waals surface area contributed by atoms with Crippen LogP contribution in [0.4, 0.5) is 11.5 Å². The molecule has 27 heavy (non-hydrogen) atoms. The lowest BCUT2D eigenvalue weighted by Crippen LogP contribution is -2.47. The fourth-order valence-corrected chi connectivity index (χ4v) is 5.05. The standard InChI is InChI=1S/C20H19ClN4O2/c1-9-15-17(25-24-9)22-13-7-19(2,3)8-14(26)16(13)20(15)11-6-10(21)4-5-12(11)23-18(20)27/h4-6H,7-8H2,1-3H3,(H,23,27)(H2,22,24,25). The van der Waals surface area contributed by atoms with Crippen molar-refractivity contribution in [2.45, 2.75) is 39.0 Å². The van der Waals surface area contributed by atoms with E-state index in [9.17, 15) is 9.59 Å². The minimum absolute atomic E-state index is 0.0111. The zero-order valence-electron chi connectivity index (χ0n) is 15.3. The van der Waals surface area contributed by atoms with E-state index < -0.39 is 5.41 Å². The van der Waals surface area contributed by atoms with Crippen molar-refractivity contribution in [3.63, 3.8) is 0 Å². The third kappa shape index (κ3) is 1.99. The summed E-state index contributed by atoms with van der Waals surface area (Å²) >= 11 is 6.29. The number of nitrogens with one attached hydrogen (secondary N) is 3. The number of hydrogen-bond acceptors (Lipinski definition) is 4. The first-order valence-corrected chi connectivity index (χ1v) is 9.32. The van der Waals surface area contributed by atoms with Gasteiger partial charge in [0.25, 0.3) is 0 Å². The fraction of sp³-hybridized carbons (Fsp3) is 0.350. The summed E-state index contributed by atoms with van der Waals surface area (Å²) in [6, 6.07) is 5.32. The molecular weight excluding hydrogens is 364 g/mol. The summed E-state index contributed by atoms with van der Waals surface area (Å²) in [5.74, 6) is 0.357. The van der Waals surface area contributed by atoms with Gasteiger partial charge < -0.3 is 10.6 Å². The first-order chi connectivity index (χ1) is 12.7. The quantitative estimate of drug-likeness (QED) is 0.648. The van der Waals surface area contributed by atoms with Crippen LogP contribution in [0.2, 0.25) is 5.02 Å². The topological polar surface area (TPSA) is 86.9 Å². The van der Waals surface area contributed by atoms with Gasteiger partial charge in [0.15, 0.2) is 11.6 Å². The van der Waals surface area contributed by atoms with E-state index in [0.717, 1.165) is 11.4 Å². The number of aromatic nitrogens is 2. The number of anilines is 2. The van der Waals surface area contributed by atoms with Crippen LogP contribution in [0.3, 0.4) is 0 Å². The molecule has 6 nitrogen and oxygen atoms in total. The van der Waals surface area contributed by atoms with Crippen molar-refractivity contribution in [3.05, 3.63) is 51.3 Å². The van der Waals surface area contributed by atoms with Crippen LogP contribution in [0.25, 0.3) is 0 Å². The fourth-order valence-electron chi connectivity index (χ4n) is 4.88. The van der Waals surface area contributed by atoms with Gasteiger partial charge in [-0.25, -0.2) is 0 Å². The van der Waals surface area contributed by atoms with Crippen molar-refractivity contribution < 1.29 is 9.59 Å². The van der Waals surface area contributed by atoms with Crippen LogP contribution in [0.5, 0.6) is 0 Å². The summed E-state index contributed by atoms with van der Waals surface area (Å²) in [6.07, 6.45) is 1.06. The highest BCUT2D eigenvalue weighted by Crippen LogP contribution is 2.57. The molecule has 2 aliphatic heterocycles. The van der Waals surface area contributed by atoms with Gasteiger partial charge in [-0.3, -0.25) is 14.7 Å². The van der Waals surface area contributed by atoms with E-state index in [1.165, 1.54) is 0 Å². The molecule has 138 valence electrons. The Morgan fingerprint density at radius 2 is 1.93 bits per heavy atom. The van der Waals surface area contributed by atoms with E-state index in [0.29, 0.717) is 46.1 Å². The molecule has 1 aromatic heterocycles. The Hall–Kier alpha value is -2.60. The summed E-state index contributed by atoms with van der Waals surface area (Å²) in [4.78, 5) is 26.8. The summed E-state index contributed by atoms with van der Waals surface area (Å²) in [6.45, 7) is 6.00. The SMILES string of the molecule is Cc1[nH]nc2c1C1(C(=O)Nc3ccc(Cl)cc31)C1=C(CC(C)(C)CC1=O)N2. The molecule has 1 aromatic carbocycles. The second-order valence-corrected chi connectivity index (χ2v) is 8.82. The highest BCUT2D eigenvalue weighted by molar-refractivity contribution is 6.31. The maximum absolute atomic E-state index is 13.5. The largest absolute Gasteiger partial charge is 0.342 e. The number of benzene rings is 1. The second kappa shape index (κ2) is 5.01. The smallest absolute Gasteiger partial charge is 0.244 e. The molecule has 0 radical (unpaired) electrons. The number of nitrogens with zero attached hydrogens (tertiary/aromatic N) is 1. The van der Waals surface area contributed by atoms with E-state index in [4.69, 9.17) is 11.6 Å². The number of amides is 1. The van der Waals surface area contributed by atoms with Gasteiger partial charge >= 0.3 is 0 Å². The van der Waals surface area contributed by atoms with Crippen LogP contribution in [-0.2, 0) is 15.0 Å². The Kier molecular flexibility index (Phi) is 3.07. The summed E-state index contributed by atoms with van der Waals surface area (Å²) in [5.41, 5.74) is 2.75. The molecular formula is C20H19ClN4O2. The van der Waals surface area contributed by atoms with E-state index in [1.54, 1.807) is 18.2 Å². The Labute approximate surface area is 161 Å². The number of halogens is 1. The molecule has 1 unspecified atom stereocenters. The molecule has 1 spiro atoms. The highest BCUT2D eigenvalue weighted by atomic mass is 35.5. The van der Waals surface area contributed by atoms with Gasteiger partial charge in [0.1, 0.15) is 5.41 Å². The number of allylic oxidation sites excluding steroid dienone is 1. The Morgan fingerprint density at radius 3 is 2.70 bits per heavy atom. The predicted molar refractivity (Wildman–Crippen MR) is 103 cm³/mol. The van der Waals surface area contributed by atoms with Crippen LogP contribution in [0.15, 0.2) is 29.5 Å². The molecule has 0 saturated carbocycles. The molecule has 1 aliphatic carbocycles. The van der Waals surface area contributed by atoms with Crippen molar-refractivity contribution in [2.24, 2.45) is 5.41 Å². The molecule has 0 saturated heterocycles. The predicted octanol–water partition coefficient (Wildman–Crippen LogP) is 3.68. The van der Waals surface area contributed by atoms with Gasteiger partial charge in [-0.05, 0) is 37.0 Å². The Balaban J connectivity index is 1.91. The summed E-state index contributed by atoms with van der Waals surface area (Å²) in [5, 5.41) is 14.2. The number of Topliss-reactive ketones (excluding diaryl/α,β-unsaturated/α-hetero) is 1. The minimum atomic E-state index is -1.22. The Morgan fingerprint density at radius 1 is 1.15 bits per heavy atom. The van der Waals surface area contributed by atoms with Crippen LogP contribution >= 0.6 is 11.6 Å². The van der Waals surface area contributed by atoms with E-state index in [-0.39, 0.29) is 17.1 Å². The number of ketones is 1. The van der Waals surface area contributed by atoms with E-state index >= 15 is 0 Å². The van der Waals surface area contributed by atoms with Crippen molar-refractivity contribution in [1.82, 2.24) is 10.2 Å². The normalized spacial score (nSPS) is 25.0. The molecule has 0 fully saturated rings. The van der Waals surface area contributed by atoms with Crippen molar-refractivity contribution in [2.75, 3.05) is 10.6 Å². The monoisotopic (exact) mass is 382 g/mol. The second-order valence-electron chi connectivity index (χ2n) is 8.39. The lowest BCUT2D eigenvalue weighted by Gasteiger charge is -2.42. The number of hydrogen-bond donors (Lipinski definition) is 3. The van der Waals surface area contributed by atoms with Gasteiger partial charge in [-0.2, -0.15) is 5.10 Å². The van der Waals surface area contributed by atoms with Crippen LogP contribution < -0.4 is 10.6 Å². The molecule has 3 heterocycles. The number of carbonyl (C=O) groups is 2. The van der Waals surface area contributed by atoms with Gasteiger partial charge in [0.05, 0.1) is 0 Å². The number of aryl methyl sites for hydroxylation is 1. The first-order valence-electron chi connectivity index (χ1n) is 8.95. The van der Waals surface area contributed by atoms with Gasteiger partial charge in [-0.1, -0.05) is 25.4 Å². The minimum Gasteiger partial charge on any atom is -0.342 e. The van der Waals surface area contributed by atoms with Gasteiger partial charge in [0.2, 0.25) is 5.91 Å².